The Morgan fingerprint density at radius 3 is 2.16 bits per heavy atom. The lowest BCUT2D eigenvalue weighted by Gasteiger charge is -2.40. The summed E-state index contributed by atoms with van der Waals surface area (Å²) < 4.78 is 14.2. The Bertz CT molecular complexity index is 636. The van der Waals surface area contributed by atoms with Crippen LogP contribution in [0.5, 0.6) is 0 Å². The SMILES string of the molecule is C=C[C@H](C)[C@H](OC(=O)C[C@@H](CC[C@@](C)(O)[C@@H](O)C=C)O[Si](C)(C)C(C)(C)C)/C(C)=C/I. The van der Waals surface area contributed by atoms with Gasteiger partial charge in [0.15, 0.2) is 8.32 Å². The number of carbonyl (C=O) groups is 1. The van der Waals surface area contributed by atoms with Crippen molar-refractivity contribution < 1.29 is 24.2 Å². The summed E-state index contributed by atoms with van der Waals surface area (Å²) in [6.07, 6.45) is 2.02. The third kappa shape index (κ3) is 9.90. The largest absolute Gasteiger partial charge is 0.457 e. The molecule has 0 bridgehead atoms. The van der Waals surface area contributed by atoms with E-state index < -0.39 is 26.1 Å². The first kappa shape index (κ1) is 30.5. The standard InChI is InChI=1S/C24H43IO5Si/c1-11-17(3)22(18(4)16-25)29-21(27)15-19(30-31(9,10)23(5,6)7)13-14-24(8,28)20(26)12-2/h11-12,16-17,19-20,22,26,28H,1-2,13-15H2,3-10H3/b18-16+/t17-,19+,20-,22-,24+/m0/s1. The average molecular weight is 567 g/mol. The van der Waals surface area contributed by atoms with Crippen molar-refractivity contribution in [2.75, 3.05) is 0 Å². The lowest BCUT2D eigenvalue weighted by atomic mass is 9.91. The molecule has 0 radical (unpaired) electrons. The zero-order chi connectivity index (χ0) is 24.6. The Morgan fingerprint density at radius 2 is 1.74 bits per heavy atom. The van der Waals surface area contributed by atoms with Crippen molar-refractivity contribution in [3.63, 3.8) is 0 Å². The maximum Gasteiger partial charge on any atom is 0.308 e. The van der Waals surface area contributed by atoms with Gasteiger partial charge in [-0.15, -0.1) is 13.2 Å². The number of ether oxygens (including phenoxy) is 1. The molecule has 0 saturated heterocycles. The molecule has 0 saturated carbocycles. The first-order valence-electron chi connectivity index (χ1n) is 10.8. The van der Waals surface area contributed by atoms with E-state index in [-0.39, 0.29) is 35.9 Å². The highest BCUT2D eigenvalue weighted by Gasteiger charge is 2.40. The first-order valence-corrected chi connectivity index (χ1v) is 15.0. The van der Waals surface area contributed by atoms with Crippen molar-refractivity contribution >= 4 is 36.9 Å². The minimum absolute atomic E-state index is 0.0156. The van der Waals surface area contributed by atoms with Crippen LogP contribution in [0.1, 0.15) is 60.8 Å². The highest BCUT2D eigenvalue weighted by molar-refractivity contribution is 14.1. The predicted molar refractivity (Wildman–Crippen MR) is 140 cm³/mol. The van der Waals surface area contributed by atoms with Crippen LogP contribution in [0.2, 0.25) is 18.1 Å². The van der Waals surface area contributed by atoms with E-state index in [1.807, 2.05) is 17.9 Å². The molecule has 0 aromatic carbocycles. The van der Waals surface area contributed by atoms with Crippen LogP contribution in [0.25, 0.3) is 0 Å². The van der Waals surface area contributed by atoms with Gasteiger partial charge in [0.1, 0.15) is 12.2 Å². The van der Waals surface area contributed by atoms with Gasteiger partial charge in [-0.25, -0.2) is 0 Å². The average Bonchev–Trinajstić information content (AvgIpc) is 2.67. The molecule has 0 rings (SSSR count). The highest BCUT2D eigenvalue weighted by atomic mass is 127. The van der Waals surface area contributed by atoms with Gasteiger partial charge in [0, 0.05) is 5.92 Å². The van der Waals surface area contributed by atoms with Crippen LogP contribution in [0.3, 0.4) is 0 Å². The molecule has 0 amide bonds. The molecule has 0 unspecified atom stereocenters. The summed E-state index contributed by atoms with van der Waals surface area (Å²) in [7, 11) is -2.16. The number of esters is 1. The van der Waals surface area contributed by atoms with Crippen molar-refractivity contribution in [3.05, 3.63) is 35.0 Å². The number of carbonyl (C=O) groups excluding carboxylic acids is 1. The minimum atomic E-state index is -2.16. The third-order valence-corrected chi connectivity index (χ3v) is 11.7. The van der Waals surface area contributed by atoms with Gasteiger partial charge < -0.3 is 19.4 Å². The molecular weight excluding hydrogens is 523 g/mol. The summed E-state index contributed by atoms with van der Waals surface area (Å²) >= 11 is 2.14. The van der Waals surface area contributed by atoms with Gasteiger partial charge in [-0.05, 0) is 54.5 Å². The second-order valence-corrected chi connectivity index (χ2v) is 15.5. The fraction of sp³-hybridized carbons (Fsp3) is 0.708. The maximum atomic E-state index is 12.9. The second kappa shape index (κ2) is 12.7. The number of hydrogen-bond acceptors (Lipinski definition) is 5. The molecule has 0 aromatic heterocycles. The number of halogens is 1. The van der Waals surface area contributed by atoms with Crippen LogP contribution in [0.15, 0.2) is 35.0 Å². The van der Waals surface area contributed by atoms with Crippen LogP contribution in [0.4, 0.5) is 0 Å². The predicted octanol–water partition coefficient (Wildman–Crippen LogP) is 5.92. The molecule has 31 heavy (non-hydrogen) atoms. The van der Waals surface area contributed by atoms with Gasteiger partial charge in [-0.2, -0.15) is 0 Å². The third-order valence-electron chi connectivity index (χ3n) is 6.22. The summed E-state index contributed by atoms with van der Waals surface area (Å²) in [6.45, 7) is 23.5. The van der Waals surface area contributed by atoms with E-state index in [1.165, 1.54) is 6.08 Å². The van der Waals surface area contributed by atoms with Crippen molar-refractivity contribution in [1.82, 2.24) is 0 Å². The molecule has 0 aromatic rings. The van der Waals surface area contributed by atoms with E-state index in [2.05, 4.69) is 69.6 Å². The summed E-state index contributed by atoms with van der Waals surface area (Å²) in [4.78, 5) is 12.9. The zero-order valence-corrected chi connectivity index (χ0v) is 23.7. The Kier molecular flexibility index (Phi) is 12.5. The number of rotatable bonds is 13. The molecule has 2 N–H and O–H groups in total. The van der Waals surface area contributed by atoms with Gasteiger partial charge in [0.05, 0.1) is 18.1 Å². The Morgan fingerprint density at radius 1 is 1.19 bits per heavy atom. The van der Waals surface area contributed by atoms with Crippen molar-refractivity contribution in [3.8, 4) is 0 Å². The van der Waals surface area contributed by atoms with E-state index >= 15 is 0 Å². The van der Waals surface area contributed by atoms with Crippen LogP contribution in [-0.2, 0) is 14.0 Å². The number of aliphatic hydroxyl groups is 2. The Balaban J connectivity index is 5.56. The van der Waals surface area contributed by atoms with Crippen LogP contribution >= 0.6 is 22.6 Å². The quantitative estimate of drug-likeness (QED) is 0.125. The summed E-state index contributed by atoms with van der Waals surface area (Å²) in [5.74, 6) is -0.359. The van der Waals surface area contributed by atoms with Crippen molar-refractivity contribution in [2.24, 2.45) is 5.92 Å². The summed E-state index contributed by atoms with van der Waals surface area (Å²) in [5.41, 5.74) is -0.388. The minimum Gasteiger partial charge on any atom is -0.457 e. The summed E-state index contributed by atoms with van der Waals surface area (Å²) in [6, 6.07) is 0. The molecule has 180 valence electrons. The molecule has 0 fully saturated rings. The fourth-order valence-corrected chi connectivity index (χ4v) is 4.57. The van der Waals surface area contributed by atoms with Crippen molar-refractivity contribution in [2.45, 2.75) is 103 Å². The Labute approximate surface area is 204 Å². The molecular formula is C24H43IO5Si. The van der Waals surface area contributed by atoms with Gasteiger partial charge in [0.25, 0.3) is 0 Å². The monoisotopic (exact) mass is 566 g/mol. The number of aliphatic hydroxyl groups excluding tert-OH is 1. The lowest BCUT2D eigenvalue weighted by molar-refractivity contribution is -0.151. The summed E-state index contributed by atoms with van der Waals surface area (Å²) in [5, 5.41) is 20.6. The maximum absolute atomic E-state index is 12.9. The molecule has 7 heteroatoms. The first-order chi connectivity index (χ1) is 14.0. The smallest absolute Gasteiger partial charge is 0.308 e. The molecule has 5 nitrogen and oxygen atoms in total. The van der Waals surface area contributed by atoms with E-state index in [4.69, 9.17) is 9.16 Å². The molecule has 0 aliphatic carbocycles. The van der Waals surface area contributed by atoms with Gasteiger partial charge in [-0.1, -0.05) is 62.4 Å². The fourth-order valence-electron chi connectivity index (χ4n) is 2.83. The van der Waals surface area contributed by atoms with Crippen LogP contribution in [0, 0.1) is 5.92 Å². The van der Waals surface area contributed by atoms with E-state index in [1.54, 1.807) is 13.0 Å². The molecule has 0 heterocycles. The van der Waals surface area contributed by atoms with Crippen LogP contribution < -0.4 is 0 Å². The van der Waals surface area contributed by atoms with Gasteiger partial charge in [0.2, 0.25) is 0 Å². The van der Waals surface area contributed by atoms with Gasteiger partial charge in [-0.3, -0.25) is 4.79 Å². The number of hydrogen-bond donors (Lipinski definition) is 2. The van der Waals surface area contributed by atoms with E-state index in [0.717, 1.165) is 5.57 Å². The lowest BCUT2D eigenvalue weighted by Crippen LogP contribution is -2.46. The topological polar surface area (TPSA) is 76.0 Å². The molecule has 0 aliphatic rings. The molecule has 0 spiro atoms. The molecule has 5 atom stereocenters. The van der Waals surface area contributed by atoms with E-state index in [9.17, 15) is 15.0 Å². The molecule has 0 aliphatic heterocycles. The Hall–Kier alpha value is -0.483. The van der Waals surface area contributed by atoms with Crippen molar-refractivity contribution in [1.29, 1.82) is 0 Å². The van der Waals surface area contributed by atoms with Gasteiger partial charge >= 0.3 is 5.97 Å². The highest BCUT2D eigenvalue weighted by Crippen LogP contribution is 2.38. The zero-order valence-electron chi connectivity index (χ0n) is 20.6. The normalized spacial score (nSPS) is 19.0. The second-order valence-electron chi connectivity index (χ2n) is 10.1. The van der Waals surface area contributed by atoms with E-state index in [0.29, 0.717) is 6.42 Å². The van der Waals surface area contributed by atoms with Crippen LogP contribution in [-0.4, -0.2) is 48.4 Å².